The van der Waals surface area contributed by atoms with Crippen molar-refractivity contribution in [3.63, 3.8) is 0 Å². The molecular weight excluding hydrogens is 442 g/mol. The topological polar surface area (TPSA) is 77.8 Å². The summed E-state index contributed by atoms with van der Waals surface area (Å²) in [6, 6.07) is 25.7. The number of nitrogens with one attached hydrogen (secondary N) is 1. The molecule has 0 spiro atoms. The van der Waals surface area contributed by atoms with Crippen LogP contribution < -0.4 is 0 Å². The number of nitrogens with zero attached hydrogens (tertiary/aromatic N) is 2. The maximum absolute atomic E-state index is 13.0. The highest BCUT2D eigenvalue weighted by Gasteiger charge is 2.60. The number of carbonyl (C=O) groups is 1. The first-order valence-corrected chi connectivity index (χ1v) is 10.5. The fourth-order valence-corrected chi connectivity index (χ4v) is 4.60. The minimum Gasteiger partial charge on any atom is -0.493 e. The van der Waals surface area contributed by atoms with E-state index in [4.69, 9.17) is 0 Å². The normalized spacial score (nSPS) is 17.4. The monoisotopic (exact) mass is 459 g/mol. The maximum Gasteiger partial charge on any atom is 0.269 e. The highest BCUT2D eigenvalue weighted by molar-refractivity contribution is 9.10. The van der Waals surface area contributed by atoms with Crippen LogP contribution in [0.25, 0.3) is 10.9 Å². The van der Waals surface area contributed by atoms with E-state index in [1.165, 1.54) is 0 Å². The lowest BCUT2D eigenvalue weighted by Crippen LogP contribution is -2.16. The van der Waals surface area contributed by atoms with Gasteiger partial charge in [0.25, 0.3) is 5.91 Å². The van der Waals surface area contributed by atoms with Gasteiger partial charge in [-0.1, -0.05) is 76.6 Å². The molecule has 1 fully saturated rings. The molecule has 0 saturated heterocycles. The lowest BCUT2D eigenvalue weighted by atomic mass is 9.85. The van der Waals surface area contributed by atoms with Crippen LogP contribution in [0, 0.1) is 5.92 Å². The first-order chi connectivity index (χ1) is 14.6. The van der Waals surface area contributed by atoms with Gasteiger partial charge in [0, 0.05) is 15.3 Å². The predicted molar refractivity (Wildman–Crippen MR) is 119 cm³/mol. The van der Waals surface area contributed by atoms with Crippen molar-refractivity contribution in [2.24, 2.45) is 16.1 Å². The molecule has 1 saturated carbocycles. The summed E-state index contributed by atoms with van der Waals surface area (Å²) in [5.74, 6) is -0.676. The van der Waals surface area contributed by atoms with Crippen LogP contribution in [0.1, 0.15) is 17.5 Å². The molecule has 0 unspecified atom stereocenters. The summed E-state index contributed by atoms with van der Waals surface area (Å²) in [5, 5.41) is 19.0. The summed E-state index contributed by atoms with van der Waals surface area (Å²) in [6.07, 6.45) is 0.685. The van der Waals surface area contributed by atoms with Crippen molar-refractivity contribution >= 4 is 38.4 Å². The molecule has 1 heterocycles. The fourth-order valence-electron chi connectivity index (χ4n) is 4.24. The number of benzene rings is 3. The average molecular weight is 460 g/mol. The Labute approximate surface area is 181 Å². The van der Waals surface area contributed by atoms with Gasteiger partial charge in [0.2, 0.25) is 5.88 Å². The third kappa shape index (κ3) is 3.04. The van der Waals surface area contributed by atoms with Crippen LogP contribution in [-0.4, -0.2) is 16.0 Å². The van der Waals surface area contributed by atoms with Crippen molar-refractivity contribution in [1.29, 1.82) is 0 Å². The lowest BCUT2D eigenvalue weighted by Gasteiger charge is -2.17. The number of hydrogen-bond donors (Lipinski definition) is 2. The minimum atomic E-state index is -0.385. The second kappa shape index (κ2) is 7.22. The fraction of sp³-hybridized carbons (Fsp3) is 0.125. The molecule has 3 aromatic carbocycles. The van der Waals surface area contributed by atoms with Gasteiger partial charge in [0.1, 0.15) is 0 Å². The highest BCUT2D eigenvalue weighted by Crippen LogP contribution is 2.59. The first kappa shape index (κ1) is 18.8. The number of aromatic hydroxyl groups is 1. The summed E-state index contributed by atoms with van der Waals surface area (Å²) in [5.41, 5.74) is 2.81. The van der Waals surface area contributed by atoms with Gasteiger partial charge < -0.3 is 10.1 Å². The van der Waals surface area contributed by atoms with Gasteiger partial charge in [-0.3, -0.25) is 4.79 Å². The Balaban J connectivity index is 1.49. The maximum atomic E-state index is 13.0. The van der Waals surface area contributed by atoms with Gasteiger partial charge >= 0.3 is 0 Å². The second-order valence-corrected chi connectivity index (χ2v) is 8.43. The number of halogens is 1. The molecular formula is C24H18BrN3O2. The number of rotatable bonds is 4. The Morgan fingerprint density at radius 2 is 1.63 bits per heavy atom. The van der Waals surface area contributed by atoms with E-state index in [0.29, 0.717) is 11.8 Å². The molecule has 2 N–H and O–H groups in total. The Morgan fingerprint density at radius 1 is 1.00 bits per heavy atom. The number of fused-ring (bicyclic) bond motifs is 1. The quantitative estimate of drug-likeness (QED) is 0.353. The number of hydrogen-bond acceptors (Lipinski definition) is 3. The Bertz CT molecular complexity index is 1230. The Morgan fingerprint density at radius 3 is 2.27 bits per heavy atom. The van der Waals surface area contributed by atoms with Crippen molar-refractivity contribution in [2.75, 3.05) is 0 Å². The van der Waals surface area contributed by atoms with Crippen molar-refractivity contribution in [1.82, 2.24) is 4.98 Å². The molecule has 0 radical (unpaired) electrons. The molecule has 1 aliphatic rings. The van der Waals surface area contributed by atoms with E-state index >= 15 is 0 Å². The molecule has 4 aromatic rings. The summed E-state index contributed by atoms with van der Waals surface area (Å²) in [4.78, 5) is 15.9. The standard InChI is InChI=1S/C24H18BrN3O2/c25-17-11-12-20-18(13-17)21(23(30)26-20)27-28-22(29)19-14-24(19,15-7-3-1-4-8-15)16-9-5-2-6-10-16/h1-13,19,26,30H,14H2/t19-/m0/s1. The number of carbonyl (C=O) groups excluding carboxylic acids is 1. The van der Waals surface area contributed by atoms with Crippen LogP contribution in [0.3, 0.4) is 0 Å². The van der Waals surface area contributed by atoms with E-state index < -0.39 is 0 Å². The van der Waals surface area contributed by atoms with Crippen molar-refractivity contribution in [2.45, 2.75) is 11.8 Å². The molecule has 0 aliphatic heterocycles. The second-order valence-electron chi connectivity index (χ2n) is 7.51. The van der Waals surface area contributed by atoms with E-state index in [2.05, 4.69) is 55.4 Å². The Hall–Kier alpha value is -3.25. The summed E-state index contributed by atoms with van der Waals surface area (Å²) in [6.45, 7) is 0. The van der Waals surface area contributed by atoms with Crippen LogP contribution in [-0.2, 0) is 10.2 Å². The average Bonchev–Trinajstić information content (AvgIpc) is 3.46. The van der Waals surface area contributed by atoms with Gasteiger partial charge in [0.05, 0.1) is 11.4 Å². The number of azo groups is 1. The molecule has 5 rings (SSSR count). The van der Waals surface area contributed by atoms with E-state index in [1.54, 1.807) is 0 Å². The molecule has 1 atom stereocenters. The minimum absolute atomic E-state index is 0.104. The van der Waals surface area contributed by atoms with Gasteiger partial charge in [-0.15, -0.1) is 10.2 Å². The molecule has 0 bridgehead atoms. The Kier molecular flexibility index (Phi) is 4.51. The van der Waals surface area contributed by atoms with Crippen LogP contribution in [0.2, 0.25) is 0 Å². The third-order valence-corrected chi connectivity index (χ3v) is 6.29. The molecule has 6 heteroatoms. The third-order valence-electron chi connectivity index (χ3n) is 5.80. The van der Waals surface area contributed by atoms with Gasteiger partial charge in [-0.05, 0) is 35.7 Å². The van der Waals surface area contributed by atoms with Crippen LogP contribution >= 0.6 is 15.9 Å². The lowest BCUT2D eigenvalue weighted by molar-refractivity contribution is -0.119. The van der Waals surface area contributed by atoms with E-state index in [0.717, 1.165) is 21.1 Å². The molecule has 1 amide bonds. The highest BCUT2D eigenvalue weighted by atomic mass is 79.9. The number of aromatic nitrogens is 1. The predicted octanol–water partition coefficient (Wildman–Crippen LogP) is 6.25. The van der Waals surface area contributed by atoms with E-state index in [9.17, 15) is 9.90 Å². The SMILES string of the molecule is O=C(N=Nc1c(O)[nH]c2ccc(Br)cc12)[C@@H]1CC1(c1ccccc1)c1ccccc1. The van der Waals surface area contributed by atoms with Crippen LogP contribution in [0.4, 0.5) is 5.69 Å². The van der Waals surface area contributed by atoms with E-state index in [1.807, 2.05) is 54.6 Å². The summed E-state index contributed by atoms with van der Waals surface area (Å²) in [7, 11) is 0. The van der Waals surface area contributed by atoms with Crippen molar-refractivity contribution in [3.8, 4) is 5.88 Å². The van der Waals surface area contributed by atoms with Crippen LogP contribution in [0.15, 0.2) is 93.6 Å². The van der Waals surface area contributed by atoms with Gasteiger partial charge in [-0.2, -0.15) is 0 Å². The zero-order valence-corrected chi connectivity index (χ0v) is 17.5. The van der Waals surface area contributed by atoms with Crippen LogP contribution in [0.5, 0.6) is 5.88 Å². The number of amides is 1. The molecule has 1 aromatic heterocycles. The van der Waals surface area contributed by atoms with Crippen molar-refractivity contribution < 1.29 is 9.90 Å². The van der Waals surface area contributed by atoms with Crippen molar-refractivity contribution in [3.05, 3.63) is 94.5 Å². The zero-order chi connectivity index (χ0) is 20.7. The number of H-pyrrole nitrogens is 1. The summed E-state index contributed by atoms with van der Waals surface area (Å²) >= 11 is 3.42. The largest absolute Gasteiger partial charge is 0.493 e. The molecule has 5 nitrogen and oxygen atoms in total. The smallest absolute Gasteiger partial charge is 0.269 e. The number of aromatic amines is 1. The first-order valence-electron chi connectivity index (χ1n) is 9.66. The van der Waals surface area contributed by atoms with Gasteiger partial charge in [0.15, 0.2) is 5.69 Å². The van der Waals surface area contributed by atoms with E-state index in [-0.39, 0.29) is 28.8 Å². The summed E-state index contributed by atoms with van der Waals surface area (Å²) < 4.78 is 0.853. The molecule has 1 aliphatic carbocycles. The molecule has 30 heavy (non-hydrogen) atoms. The van der Waals surface area contributed by atoms with Gasteiger partial charge in [-0.25, -0.2) is 0 Å². The molecule has 148 valence electrons. The zero-order valence-electron chi connectivity index (χ0n) is 15.9.